The highest BCUT2D eigenvalue weighted by Crippen LogP contribution is 2.43. The van der Waals surface area contributed by atoms with E-state index < -0.39 is 15.3 Å². The van der Waals surface area contributed by atoms with Crippen LogP contribution in [0.3, 0.4) is 0 Å². The van der Waals surface area contributed by atoms with Crippen LogP contribution in [0.1, 0.15) is 31.9 Å². The van der Waals surface area contributed by atoms with Gasteiger partial charge in [-0.05, 0) is 37.1 Å². The third kappa shape index (κ3) is 3.73. The molecule has 0 saturated carbocycles. The number of thioether (sulfide) groups is 1. The van der Waals surface area contributed by atoms with Crippen LogP contribution in [-0.2, 0) is 14.6 Å². The number of rotatable bonds is 1. The Hall–Kier alpha value is -0.860. The molecule has 0 aliphatic carbocycles. The first kappa shape index (κ1) is 19.9. The number of benzene rings is 1. The second-order valence-electron chi connectivity index (χ2n) is 8.01. The van der Waals surface area contributed by atoms with Crippen molar-refractivity contribution in [2.45, 2.75) is 45.9 Å². The molecular weight excluding hydrogens is 436 g/mol. The number of amides is 1. The maximum Gasteiger partial charge on any atom is 0.253 e. The van der Waals surface area contributed by atoms with E-state index in [4.69, 9.17) is 0 Å². The van der Waals surface area contributed by atoms with E-state index in [0.717, 1.165) is 21.3 Å². The molecule has 0 N–H and O–H groups in total. The summed E-state index contributed by atoms with van der Waals surface area (Å²) in [5.74, 6) is 0.0404. The largest absolute Gasteiger partial charge is 0.315 e. The van der Waals surface area contributed by atoms with Crippen LogP contribution in [0.5, 0.6) is 0 Å². The maximum absolute atomic E-state index is 12.5. The van der Waals surface area contributed by atoms with Crippen molar-refractivity contribution < 1.29 is 13.2 Å². The summed E-state index contributed by atoms with van der Waals surface area (Å²) in [4.78, 5) is 18.9. The predicted molar refractivity (Wildman–Crippen MR) is 112 cm³/mol. The van der Waals surface area contributed by atoms with E-state index in [-0.39, 0.29) is 28.7 Å². The standard InChI is InChI=1S/C18H23BrN2O3S2/c1-10-6-12(19)7-11(2)15(10)21-13-8-26(23,24)9-14(13)25-17(21)20-16(22)18(3,4)5/h6-7,13-14H,8-9H2,1-5H3/t13-,14+/m1/s1. The Morgan fingerprint density at radius 1 is 1.23 bits per heavy atom. The van der Waals surface area contributed by atoms with Crippen molar-refractivity contribution in [2.24, 2.45) is 10.4 Å². The zero-order valence-electron chi connectivity index (χ0n) is 15.5. The van der Waals surface area contributed by atoms with Gasteiger partial charge < -0.3 is 4.90 Å². The summed E-state index contributed by atoms with van der Waals surface area (Å²) in [6.45, 7) is 9.51. The Morgan fingerprint density at radius 3 is 2.35 bits per heavy atom. The quantitative estimate of drug-likeness (QED) is 0.641. The van der Waals surface area contributed by atoms with Gasteiger partial charge in [0.05, 0.1) is 17.5 Å². The SMILES string of the molecule is Cc1cc(Br)cc(C)c1N1C(=NC(=O)C(C)(C)C)S[C@H]2CS(=O)(=O)C[C@H]21. The summed E-state index contributed by atoms with van der Waals surface area (Å²) >= 11 is 4.92. The average molecular weight is 459 g/mol. The monoisotopic (exact) mass is 458 g/mol. The van der Waals surface area contributed by atoms with Crippen LogP contribution < -0.4 is 4.90 Å². The van der Waals surface area contributed by atoms with E-state index in [0.29, 0.717) is 5.17 Å². The maximum atomic E-state index is 12.5. The number of aliphatic imine (C=N–C) groups is 1. The molecule has 0 radical (unpaired) electrons. The summed E-state index contributed by atoms with van der Waals surface area (Å²) < 4.78 is 25.3. The van der Waals surface area contributed by atoms with Crippen molar-refractivity contribution in [3.8, 4) is 0 Å². The third-order valence-electron chi connectivity index (χ3n) is 4.60. The molecule has 5 nitrogen and oxygen atoms in total. The highest BCUT2D eigenvalue weighted by Gasteiger charge is 2.50. The number of aryl methyl sites for hydroxylation is 2. The molecule has 8 heteroatoms. The number of nitrogens with zero attached hydrogens (tertiary/aromatic N) is 2. The van der Waals surface area contributed by atoms with Crippen molar-refractivity contribution in [1.82, 2.24) is 0 Å². The lowest BCUT2D eigenvalue weighted by molar-refractivity contribution is -0.124. The van der Waals surface area contributed by atoms with Crippen molar-refractivity contribution in [2.75, 3.05) is 16.4 Å². The van der Waals surface area contributed by atoms with Gasteiger partial charge in [0.25, 0.3) is 5.91 Å². The summed E-state index contributed by atoms with van der Waals surface area (Å²) in [5, 5.41) is 0.525. The molecule has 2 atom stereocenters. The first-order valence-corrected chi connectivity index (χ1v) is 11.9. The number of amidine groups is 1. The zero-order chi connectivity index (χ0) is 19.4. The fourth-order valence-corrected chi connectivity index (χ4v) is 7.95. The Morgan fingerprint density at radius 2 is 1.81 bits per heavy atom. The number of hydrogen-bond acceptors (Lipinski definition) is 4. The van der Waals surface area contributed by atoms with Crippen molar-refractivity contribution in [1.29, 1.82) is 0 Å². The number of fused-ring (bicyclic) bond motifs is 1. The Kier molecular flexibility index (Phi) is 5.08. The lowest BCUT2D eigenvalue weighted by Gasteiger charge is -2.28. The smallest absolute Gasteiger partial charge is 0.253 e. The first-order chi connectivity index (χ1) is 11.9. The molecule has 0 spiro atoms. The molecule has 0 unspecified atom stereocenters. The molecule has 0 bridgehead atoms. The average Bonchev–Trinajstić information content (AvgIpc) is 2.90. The molecule has 1 amide bonds. The van der Waals surface area contributed by atoms with Crippen molar-refractivity contribution >= 4 is 54.3 Å². The fourth-order valence-electron chi connectivity index (χ4n) is 3.36. The van der Waals surface area contributed by atoms with Gasteiger partial charge in [-0.15, -0.1) is 0 Å². The van der Waals surface area contributed by atoms with Gasteiger partial charge in [-0.25, -0.2) is 8.42 Å². The summed E-state index contributed by atoms with van der Waals surface area (Å²) in [5.41, 5.74) is 2.43. The van der Waals surface area contributed by atoms with Gasteiger partial charge in [0.1, 0.15) is 0 Å². The van der Waals surface area contributed by atoms with E-state index in [1.165, 1.54) is 11.8 Å². The molecule has 2 heterocycles. The third-order valence-corrected chi connectivity index (χ3v) is 8.27. The van der Waals surface area contributed by atoms with Gasteiger partial charge in [-0.1, -0.05) is 48.5 Å². The number of sulfone groups is 1. The Balaban J connectivity index is 2.13. The summed E-state index contributed by atoms with van der Waals surface area (Å²) in [6, 6.07) is 3.83. The number of halogens is 1. The van der Waals surface area contributed by atoms with Gasteiger partial charge in [0.2, 0.25) is 0 Å². The number of anilines is 1. The highest BCUT2D eigenvalue weighted by molar-refractivity contribution is 9.10. The molecule has 1 aromatic rings. The Bertz CT molecular complexity index is 880. The molecule has 2 aliphatic heterocycles. The Labute approximate surface area is 167 Å². The normalized spacial score (nSPS) is 26.4. The predicted octanol–water partition coefficient (Wildman–Crippen LogP) is 3.71. The van der Waals surface area contributed by atoms with E-state index in [2.05, 4.69) is 20.9 Å². The lowest BCUT2D eigenvalue weighted by atomic mass is 9.96. The fraction of sp³-hybridized carbons (Fsp3) is 0.556. The highest BCUT2D eigenvalue weighted by atomic mass is 79.9. The van der Waals surface area contributed by atoms with E-state index in [1.807, 2.05) is 51.7 Å². The van der Waals surface area contributed by atoms with E-state index in [1.54, 1.807) is 0 Å². The molecule has 2 fully saturated rings. The van der Waals surface area contributed by atoms with Crippen LogP contribution in [0.25, 0.3) is 0 Å². The second kappa shape index (κ2) is 6.63. The van der Waals surface area contributed by atoms with E-state index >= 15 is 0 Å². The second-order valence-corrected chi connectivity index (χ2v) is 12.3. The molecule has 0 aromatic heterocycles. The molecule has 2 saturated heterocycles. The molecule has 1 aromatic carbocycles. The van der Waals surface area contributed by atoms with E-state index in [9.17, 15) is 13.2 Å². The summed E-state index contributed by atoms with van der Waals surface area (Å²) in [6.07, 6.45) is 0. The number of carbonyl (C=O) groups excluding carboxylic acids is 1. The minimum atomic E-state index is -3.07. The molecule has 26 heavy (non-hydrogen) atoms. The first-order valence-electron chi connectivity index (χ1n) is 8.45. The van der Waals surface area contributed by atoms with Crippen LogP contribution in [-0.4, -0.2) is 42.3 Å². The van der Waals surface area contributed by atoms with Gasteiger partial charge in [0, 0.05) is 20.8 Å². The molecule has 142 valence electrons. The molecular formula is C18H23BrN2O3S2. The number of carbonyl (C=O) groups is 1. The molecule has 2 aliphatic rings. The van der Waals surface area contributed by atoms with Crippen molar-refractivity contribution in [3.05, 3.63) is 27.7 Å². The van der Waals surface area contributed by atoms with Crippen LogP contribution in [0.2, 0.25) is 0 Å². The number of hydrogen-bond donors (Lipinski definition) is 0. The van der Waals surface area contributed by atoms with Crippen LogP contribution in [0, 0.1) is 19.3 Å². The van der Waals surface area contributed by atoms with Crippen LogP contribution >= 0.6 is 27.7 Å². The van der Waals surface area contributed by atoms with Crippen molar-refractivity contribution in [3.63, 3.8) is 0 Å². The van der Waals surface area contributed by atoms with Gasteiger partial charge in [0.15, 0.2) is 15.0 Å². The van der Waals surface area contributed by atoms with Gasteiger partial charge in [-0.2, -0.15) is 4.99 Å². The van der Waals surface area contributed by atoms with Crippen LogP contribution in [0.4, 0.5) is 5.69 Å². The zero-order valence-corrected chi connectivity index (χ0v) is 18.8. The van der Waals surface area contributed by atoms with Gasteiger partial charge >= 0.3 is 0 Å². The minimum absolute atomic E-state index is 0.0889. The minimum Gasteiger partial charge on any atom is -0.315 e. The molecule has 3 rings (SSSR count). The van der Waals surface area contributed by atoms with Gasteiger partial charge in [-0.3, -0.25) is 4.79 Å². The summed E-state index contributed by atoms with van der Waals surface area (Å²) in [7, 11) is -3.07. The van der Waals surface area contributed by atoms with Crippen LogP contribution in [0.15, 0.2) is 21.6 Å². The topological polar surface area (TPSA) is 66.8 Å². The lowest BCUT2D eigenvalue weighted by Crippen LogP contribution is -2.39.